The Labute approximate surface area is 150 Å². The van der Waals surface area contributed by atoms with E-state index in [4.69, 9.17) is 9.47 Å². The number of benzene rings is 2. The highest BCUT2D eigenvalue weighted by atomic mass is 32.2. The molecule has 0 fully saturated rings. The maximum Gasteiger partial charge on any atom is 0.243 e. The highest BCUT2D eigenvalue weighted by Crippen LogP contribution is 2.28. The van der Waals surface area contributed by atoms with Crippen LogP contribution in [-0.2, 0) is 16.4 Å². The quantitative estimate of drug-likeness (QED) is 0.758. The van der Waals surface area contributed by atoms with E-state index < -0.39 is 10.0 Å². The van der Waals surface area contributed by atoms with Gasteiger partial charge in [-0.1, -0.05) is 18.2 Å². The summed E-state index contributed by atoms with van der Waals surface area (Å²) in [7, 11) is 1.22. The fourth-order valence-electron chi connectivity index (χ4n) is 2.75. The second kappa shape index (κ2) is 7.89. The van der Waals surface area contributed by atoms with Crippen molar-refractivity contribution in [3.05, 3.63) is 53.1 Å². The summed E-state index contributed by atoms with van der Waals surface area (Å²) in [5, 5.41) is 0. The third kappa shape index (κ3) is 3.96. The van der Waals surface area contributed by atoms with Gasteiger partial charge in [-0.25, -0.2) is 12.7 Å². The normalized spacial score (nSPS) is 11.6. The average Bonchev–Trinajstić information content (AvgIpc) is 2.61. The van der Waals surface area contributed by atoms with Crippen molar-refractivity contribution in [2.24, 2.45) is 0 Å². The van der Waals surface area contributed by atoms with Crippen molar-refractivity contribution in [1.29, 1.82) is 0 Å². The maximum atomic E-state index is 12.9. The van der Waals surface area contributed by atoms with Crippen molar-refractivity contribution in [3.8, 4) is 11.5 Å². The van der Waals surface area contributed by atoms with Gasteiger partial charge in [0.1, 0.15) is 11.5 Å². The molecule has 0 N–H and O–H groups in total. The summed E-state index contributed by atoms with van der Waals surface area (Å²) in [5.41, 5.74) is 2.53. The molecule has 136 valence electrons. The van der Waals surface area contributed by atoms with Gasteiger partial charge in [-0.15, -0.1) is 0 Å². The smallest absolute Gasteiger partial charge is 0.243 e. The lowest BCUT2D eigenvalue weighted by atomic mass is 10.1. The van der Waals surface area contributed by atoms with Gasteiger partial charge in [0, 0.05) is 13.6 Å². The zero-order chi connectivity index (χ0) is 18.6. The second-order valence-corrected chi connectivity index (χ2v) is 7.92. The minimum atomic E-state index is -3.57. The number of rotatable bonds is 7. The first-order valence-corrected chi connectivity index (χ1v) is 9.49. The number of likely N-dealkylation sites (N-methyl/N-ethyl adjacent to an activating group) is 1. The Bertz CT molecular complexity index is 846. The largest absolute Gasteiger partial charge is 0.496 e. The predicted molar refractivity (Wildman–Crippen MR) is 99.0 cm³/mol. The molecular weight excluding hydrogens is 338 g/mol. The summed E-state index contributed by atoms with van der Waals surface area (Å²) in [5.74, 6) is 1.46. The Kier molecular flexibility index (Phi) is 6.08. The van der Waals surface area contributed by atoms with E-state index >= 15 is 0 Å². The molecule has 0 heterocycles. The van der Waals surface area contributed by atoms with Crippen LogP contribution in [0.5, 0.6) is 11.5 Å². The molecule has 0 amide bonds. The molecule has 0 saturated carbocycles. The summed E-state index contributed by atoms with van der Waals surface area (Å²) in [4.78, 5) is 0.313. The molecule has 25 heavy (non-hydrogen) atoms. The molecule has 0 bridgehead atoms. The zero-order valence-electron chi connectivity index (χ0n) is 15.4. The van der Waals surface area contributed by atoms with Crippen molar-refractivity contribution >= 4 is 10.0 Å². The fourth-order valence-corrected chi connectivity index (χ4v) is 4.19. The predicted octanol–water partition coefficient (Wildman–Crippen LogP) is 3.18. The molecule has 2 rings (SSSR count). The van der Waals surface area contributed by atoms with Crippen molar-refractivity contribution < 1.29 is 17.9 Å². The summed E-state index contributed by atoms with van der Waals surface area (Å²) in [6.07, 6.45) is 0.577. The Morgan fingerprint density at radius 1 is 0.920 bits per heavy atom. The Morgan fingerprint density at radius 2 is 1.56 bits per heavy atom. The summed E-state index contributed by atoms with van der Waals surface area (Å²) < 4.78 is 37.8. The summed E-state index contributed by atoms with van der Waals surface area (Å²) in [6.45, 7) is 4.04. The van der Waals surface area contributed by atoms with Crippen LogP contribution in [0.3, 0.4) is 0 Å². The Morgan fingerprint density at radius 3 is 2.20 bits per heavy atom. The molecule has 0 spiro atoms. The first kappa shape index (κ1) is 19.3. The van der Waals surface area contributed by atoms with Crippen molar-refractivity contribution in [2.75, 3.05) is 27.8 Å². The number of methoxy groups -OCH3 is 2. The van der Waals surface area contributed by atoms with Gasteiger partial charge in [0.05, 0.1) is 19.1 Å². The lowest BCUT2D eigenvalue weighted by Crippen LogP contribution is -2.29. The van der Waals surface area contributed by atoms with Gasteiger partial charge in [-0.05, 0) is 55.2 Å². The van der Waals surface area contributed by atoms with Crippen LogP contribution in [0, 0.1) is 13.8 Å². The molecule has 0 unspecified atom stereocenters. The number of hydrogen-bond donors (Lipinski definition) is 0. The molecule has 6 heteroatoms. The first-order valence-electron chi connectivity index (χ1n) is 8.05. The van der Waals surface area contributed by atoms with Crippen LogP contribution in [0.2, 0.25) is 0 Å². The van der Waals surface area contributed by atoms with E-state index in [1.54, 1.807) is 40.3 Å². The van der Waals surface area contributed by atoms with Crippen molar-refractivity contribution in [1.82, 2.24) is 4.31 Å². The highest BCUT2D eigenvalue weighted by Gasteiger charge is 2.24. The standard InChI is InChI=1S/C19H25NO4S/c1-14-15(2)19(11-10-17(14)23-4)25(21,22)20(3)13-12-16-8-6-7-9-18(16)24-5/h6-11H,12-13H2,1-5H3. The van der Waals surface area contributed by atoms with Gasteiger partial charge in [0.15, 0.2) is 0 Å². The third-order valence-corrected chi connectivity index (χ3v) is 6.49. The molecule has 0 aliphatic rings. The van der Waals surface area contributed by atoms with Crippen molar-refractivity contribution in [3.63, 3.8) is 0 Å². The maximum absolute atomic E-state index is 12.9. The Hall–Kier alpha value is -2.05. The molecule has 2 aromatic carbocycles. The van der Waals surface area contributed by atoms with E-state index in [-0.39, 0.29) is 0 Å². The van der Waals surface area contributed by atoms with Crippen LogP contribution < -0.4 is 9.47 Å². The lowest BCUT2D eigenvalue weighted by Gasteiger charge is -2.20. The zero-order valence-corrected chi connectivity index (χ0v) is 16.2. The number of sulfonamides is 1. The van der Waals surface area contributed by atoms with E-state index in [1.165, 1.54) is 4.31 Å². The third-order valence-electron chi connectivity index (χ3n) is 4.48. The highest BCUT2D eigenvalue weighted by molar-refractivity contribution is 7.89. The molecule has 0 radical (unpaired) electrons. The molecule has 5 nitrogen and oxygen atoms in total. The molecule has 0 saturated heterocycles. The lowest BCUT2D eigenvalue weighted by molar-refractivity contribution is 0.405. The first-order chi connectivity index (χ1) is 11.8. The second-order valence-electron chi connectivity index (χ2n) is 5.90. The van der Waals surface area contributed by atoms with Crippen LogP contribution in [0.1, 0.15) is 16.7 Å². The van der Waals surface area contributed by atoms with Gasteiger partial charge in [-0.2, -0.15) is 0 Å². The minimum absolute atomic E-state index is 0.313. The van der Waals surface area contributed by atoms with E-state index in [1.807, 2.05) is 31.2 Å². The van der Waals surface area contributed by atoms with E-state index in [0.29, 0.717) is 29.2 Å². The summed E-state index contributed by atoms with van der Waals surface area (Å²) in [6, 6.07) is 10.9. The van der Waals surface area contributed by atoms with Crippen LogP contribution in [0.15, 0.2) is 41.3 Å². The molecule has 0 aliphatic heterocycles. The number of para-hydroxylation sites is 1. The van der Waals surface area contributed by atoms with Crippen molar-refractivity contribution in [2.45, 2.75) is 25.2 Å². The Balaban J connectivity index is 2.23. The van der Waals surface area contributed by atoms with Gasteiger partial charge >= 0.3 is 0 Å². The number of ether oxygens (including phenoxy) is 2. The SMILES string of the molecule is COc1ccccc1CCN(C)S(=O)(=O)c1ccc(OC)c(C)c1C. The number of hydrogen-bond acceptors (Lipinski definition) is 4. The molecule has 0 atom stereocenters. The van der Waals surface area contributed by atoms with Gasteiger partial charge in [0.25, 0.3) is 0 Å². The fraction of sp³-hybridized carbons (Fsp3) is 0.368. The molecule has 0 aromatic heterocycles. The van der Waals surface area contributed by atoms with Gasteiger partial charge in [0.2, 0.25) is 10.0 Å². The topological polar surface area (TPSA) is 55.8 Å². The molecule has 2 aromatic rings. The van der Waals surface area contributed by atoms with Crippen LogP contribution in [0.25, 0.3) is 0 Å². The average molecular weight is 363 g/mol. The van der Waals surface area contributed by atoms with Gasteiger partial charge in [-0.3, -0.25) is 0 Å². The van der Waals surface area contributed by atoms with E-state index in [9.17, 15) is 8.42 Å². The van der Waals surface area contributed by atoms with Gasteiger partial charge < -0.3 is 9.47 Å². The number of nitrogens with zero attached hydrogens (tertiary/aromatic N) is 1. The minimum Gasteiger partial charge on any atom is -0.496 e. The molecular formula is C19H25NO4S. The van der Waals surface area contributed by atoms with E-state index in [2.05, 4.69) is 0 Å². The van der Waals surface area contributed by atoms with Crippen LogP contribution >= 0.6 is 0 Å². The monoisotopic (exact) mass is 363 g/mol. The molecule has 0 aliphatic carbocycles. The van der Waals surface area contributed by atoms with E-state index in [0.717, 1.165) is 16.9 Å². The van der Waals surface area contributed by atoms with Crippen LogP contribution in [0.4, 0.5) is 0 Å². The summed E-state index contributed by atoms with van der Waals surface area (Å²) >= 11 is 0. The van der Waals surface area contributed by atoms with Crippen LogP contribution in [-0.4, -0.2) is 40.5 Å².